The topological polar surface area (TPSA) is 63.0 Å². The van der Waals surface area contributed by atoms with Crippen molar-refractivity contribution in [3.63, 3.8) is 0 Å². The molecule has 0 saturated carbocycles. The Bertz CT molecular complexity index is 1330. The third-order valence-corrected chi connectivity index (χ3v) is 5.51. The van der Waals surface area contributed by atoms with Gasteiger partial charge in [0.05, 0.1) is 18.2 Å². The smallest absolute Gasteiger partial charge is 0.215 e. The van der Waals surface area contributed by atoms with E-state index in [4.69, 9.17) is 20.4 Å². The van der Waals surface area contributed by atoms with Gasteiger partial charge < -0.3 is 23.9 Å². The van der Waals surface area contributed by atoms with E-state index in [0.29, 0.717) is 6.61 Å². The van der Waals surface area contributed by atoms with Gasteiger partial charge in [-0.15, -0.1) is 6.42 Å². The molecule has 0 radical (unpaired) electrons. The first-order chi connectivity index (χ1) is 15.7. The Morgan fingerprint density at radius 3 is 2.75 bits per heavy atom. The fourth-order valence-electron chi connectivity index (χ4n) is 3.91. The first kappa shape index (κ1) is 20.0. The quantitative estimate of drug-likeness (QED) is 0.300. The van der Waals surface area contributed by atoms with E-state index in [2.05, 4.69) is 33.1 Å². The van der Waals surface area contributed by atoms with Crippen LogP contribution >= 0.6 is 0 Å². The Balaban J connectivity index is 1.56. The summed E-state index contributed by atoms with van der Waals surface area (Å²) in [6.45, 7) is 1.46. The Morgan fingerprint density at radius 1 is 1.16 bits per heavy atom. The van der Waals surface area contributed by atoms with E-state index < -0.39 is 6.10 Å². The predicted molar refractivity (Wildman–Crippen MR) is 125 cm³/mol. The summed E-state index contributed by atoms with van der Waals surface area (Å²) in [6, 6.07) is 16.0. The van der Waals surface area contributed by atoms with Crippen molar-refractivity contribution in [1.82, 2.24) is 9.88 Å². The molecule has 2 heterocycles. The van der Waals surface area contributed by atoms with Crippen molar-refractivity contribution in [3.8, 4) is 29.4 Å². The number of H-pyrrole nitrogens is 1. The number of nitrogens with zero attached hydrogens (tertiary/aromatic N) is 2. The van der Waals surface area contributed by atoms with E-state index in [-0.39, 0.29) is 0 Å². The SMILES string of the molecule is C#CC(O/N=C1/c2ccccc2-c2[nH]c3ccc(OCCN(C)C)cc3c21)c1ccoc1. The molecule has 32 heavy (non-hydrogen) atoms. The van der Waals surface area contributed by atoms with Crippen molar-refractivity contribution >= 4 is 16.6 Å². The second-order valence-corrected chi connectivity index (χ2v) is 7.93. The largest absolute Gasteiger partial charge is 0.492 e. The minimum atomic E-state index is -0.632. The van der Waals surface area contributed by atoms with Gasteiger partial charge in [0.25, 0.3) is 0 Å². The molecular formula is C26H23N3O3. The number of aromatic nitrogens is 1. The van der Waals surface area contributed by atoms with Gasteiger partial charge in [0.15, 0.2) is 0 Å². The van der Waals surface area contributed by atoms with Gasteiger partial charge in [0.2, 0.25) is 6.10 Å². The molecule has 1 atom stereocenters. The monoisotopic (exact) mass is 425 g/mol. The summed E-state index contributed by atoms with van der Waals surface area (Å²) in [5.41, 5.74) is 6.59. The molecule has 0 aliphatic heterocycles. The number of ether oxygens (including phenoxy) is 1. The molecule has 0 spiro atoms. The Morgan fingerprint density at radius 2 is 2.00 bits per heavy atom. The Hall–Kier alpha value is -3.95. The van der Waals surface area contributed by atoms with Crippen LogP contribution in [0.1, 0.15) is 22.8 Å². The summed E-state index contributed by atoms with van der Waals surface area (Å²) in [5, 5.41) is 5.56. The zero-order chi connectivity index (χ0) is 22.1. The van der Waals surface area contributed by atoms with Crippen LogP contribution in [0.5, 0.6) is 5.75 Å². The summed E-state index contributed by atoms with van der Waals surface area (Å²) >= 11 is 0. The maximum Gasteiger partial charge on any atom is 0.215 e. The number of terminal acetylenes is 1. The second kappa shape index (κ2) is 8.29. The number of fused-ring (bicyclic) bond motifs is 5. The van der Waals surface area contributed by atoms with Crippen molar-refractivity contribution in [2.75, 3.05) is 27.2 Å². The highest BCUT2D eigenvalue weighted by molar-refractivity contribution is 6.29. The maximum atomic E-state index is 5.97. The summed E-state index contributed by atoms with van der Waals surface area (Å²) < 4.78 is 11.1. The van der Waals surface area contributed by atoms with Crippen molar-refractivity contribution in [2.45, 2.75) is 6.10 Å². The number of rotatable bonds is 7. The molecule has 6 heteroatoms. The van der Waals surface area contributed by atoms with Gasteiger partial charge in [-0.05, 0) is 38.4 Å². The van der Waals surface area contributed by atoms with Crippen LogP contribution in [0.2, 0.25) is 0 Å². The molecule has 4 aromatic rings. The number of oxime groups is 1. The number of likely N-dealkylation sites (N-methyl/N-ethyl adjacent to an activating group) is 1. The molecule has 0 fully saturated rings. The van der Waals surface area contributed by atoms with Crippen LogP contribution in [-0.4, -0.2) is 42.8 Å². The average molecular weight is 425 g/mol. The Labute approximate surface area is 186 Å². The lowest BCUT2D eigenvalue weighted by atomic mass is 10.1. The molecule has 5 rings (SSSR count). The first-order valence-corrected chi connectivity index (χ1v) is 10.4. The molecule has 1 aliphatic rings. The highest BCUT2D eigenvalue weighted by atomic mass is 16.6. The van der Waals surface area contributed by atoms with Crippen LogP contribution in [0.3, 0.4) is 0 Å². The molecule has 1 N–H and O–H groups in total. The van der Waals surface area contributed by atoms with Crippen LogP contribution in [0, 0.1) is 12.3 Å². The van der Waals surface area contributed by atoms with Crippen molar-refractivity contribution in [1.29, 1.82) is 0 Å². The van der Waals surface area contributed by atoms with Crippen LogP contribution < -0.4 is 4.74 Å². The van der Waals surface area contributed by atoms with E-state index in [9.17, 15) is 0 Å². The lowest BCUT2D eigenvalue weighted by Crippen LogP contribution is -2.19. The van der Waals surface area contributed by atoms with E-state index in [1.54, 1.807) is 18.6 Å². The van der Waals surface area contributed by atoms with Crippen LogP contribution in [0.4, 0.5) is 0 Å². The highest BCUT2D eigenvalue weighted by Crippen LogP contribution is 2.42. The first-order valence-electron chi connectivity index (χ1n) is 10.4. The molecule has 0 bridgehead atoms. The molecule has 2 aromatic heterocycles. The summed E-state index contributed by atoms with van der Waals surface area (Å²) in [4.78, 5) is 11.4. The fourth-order valence-corrected chi connectivity index (χ4v) is 3.91. The lowest BCUT2D eigenvalue weighted by Gasteiger charge is -2.11. The summed E-state index contributed by atoms with van der Waals surface area (Å²) in [7, 11) is 4.05. The second-order valence-electron chi connectivity index (χ2n) is 7.93. The third-order valence-electron chi connectivity index (χ3n) is 5.51. The minimum absolute atomic E-state index is 0.615. The minimum Gasteiger partial charge on any atom is -0.492 e. The zero-order valence-corrected chi connectivity index (χ0v) is 18.0. The number of benzene rings is 2. The van der Waals surface area contributed by atoms with Gasteiger partial charge >= 0.3 is 0 Å². The van der Waals surface area contributed by atoms with Gasteiger partial charge in [-0.25, -0.2) is 0 Å². The third kappa shape index (κ3) is 3.53. The van der Waals surface area contributed by atoms with E-state index in [1.165, 1.54) is 0 Å². The summed E-state index contributed by atoms with van der Waals surface area (Å²) in [5.74, 6) is 3.44. The normalized spacial score (nSPS) is 14.4. The Kier molecular flexibility index (Phi) is 5.18. The molecule has 0 saturated heterocycles. The van der Waals surface area contributed by atoms with Gasteiger partial charge in [-0.1, -0.05) is 35.3 Å². The molecule has 1 unspecified atom stereocenters. The molecule has 6 nitrogen and oxygen atoms in total. The fraction of sp³-hybridized carbons (Fsp3) is 0.192. The molecule has 160 valence electrons. The van der Waals surface area contributed by atoms with Gasteiger partial charge in [0, 0.05) is 39.7 Å². The molecular weight excluding hydrogens is 402 g/mol. The van der Waals surface area contributed by atoms with E-state index in [0.717, 1.165) is 56.9 Å². The van der Waals surface area contributed by atoms with Crippen LogP contribution in [0.25, 0.3) is 22.2 Å². The van der Waals surface area contributed by atoms with Gasteiger partial charge in [0.1, 0.15) is 18.1 Å². The molecule has 2 aromatic carbocycles. The number of nitrogens with one attached hydrogen (secondary N) is 1. The van der Waals surface area contributed by atoms with Gasteiger partial charge in [-0.3, -0.25) is 0 Å². The average Bonchev–Trinajstić information content (AvgIpc) is 3.51. The number of hydrogen-bond acceptors (Lipinski definition) is 5. The van der Waals surface area contributed by atoms with Crippen molar-refractivity contribution in [3.05, 3.63) is 77.7 Å². The molecule has 0 amide bonds. The standard InChI is InChI=1S/C26H23N3O3/c1-4-23(17-11-13-30-16-17)32-28-26-20-8-6-5-7-19(20)25-24(26)21-15-18(9-10-22(21)27-25)31-14-12-29(2)3/h1,5-11,13,15-16,23,27H,12,14H2,2-3H3/b28-26-. The van der Waals surface area contributed by atoms with Crippen molar-refractivity contribution < 1.29 is 14.0 Å². The highest BCUT2D eigenvalue weighted by Gasteiger charge is 2.30. The van der Waals surface area contributed by atoms with E-state index >= 15 is 0 Å². The number of aromatic amines is 1. The zero-order valence-electron chi connectivity index (χ0n) is 18.0. The lowest BCUT2D eigenvalue weighted by molar-refractivity contribution is 0.0996. The van der Waals surface area contributed by atoms with E-state index in [1.807, 2.05) is 44.4 Å². The maximum absolute atomic E-state index is 5.97. The van der Waals surface area contributed by atoms with Crippen LogP contribution in [0.15, 0.2) is 70.6 Å². The van der Waals surface area contributed by atoms with Crippen LogP contribution in [-0.2, 0) is 4.84 Å². The number of hydrogen-bond donors (Lipinski definition) is 1. The predicted octanol–water partition coefficient (Wildman–Crippen LogP) is 4.83. The van der Waals surface area contributed by atoms with Crippen molar-refractivity contribution in [2.24, 2.45) is 5.16 Å². The van der Waals surface area contributed by atoms with Gasteiger partial charge in [-0.2, -0.15) is 0 Å². The summed E-state index contributed by atoms with van der Waals surface area (Å²) in [6.07, 6.45) is 8.19. The number of furan rings is 1. The molecule has 1 aliphatic carbocycles.